The van der Waals surface area contributed by atoms with Gasteiger partial charge in [0.2, 0.25) is 0 Å². The van der Waals surface area contributed by atoms with E-state index in [1.165, 1.54) is 0 Å². The average molecular weight is 604 g/mol. The van der Waals surface area contributed by atoms with Gasteiger partial charge in [0.05, 0.1) is 0 Å². The summed E-state index contributed by atoms with van der Waals surface area (Å²) in [6.45, 7) is 0. The molecule has 0 heterocycles. The lowest BCUT2D eigenvalue weighted by Gasteiger charge is -2.22. The van der Waals surface area contributed by atoms with Crippen molar-refractivity contribution in [3.05, 3.63) is 130 Å². The van der Waals surface area contributed by atoms with Gasteiger partial charge in [0, 0.05) is 0 Å². The van der Waals surface area contributed by atoms with Crippen molar-refractivity contribution in [1.29, 1.82) is 0 Å². The summed E-state index contributed by atoms with van der Waals surface area (Å²) >= 11 is 7.46. The summed E-state index contributed by atoms with van der Waals surface area (Å²) in [5.74, 6) is 4.31. The highest BCUT2D eigenvalue weighted by Gasteiger charge is 2.29. The van der Waals surface area contributed by atoms with Gasteiger partial charge < -0.3 is 18.9 Å². The summed E-state index contributed by atoms with van der Waals surface area (Å²) in [5.41, 5.74) is 0. The van der Waals surface area contributed by atoms with E-state index < -0.39 is 0 Å². The van der Waals surface area contributed by atoms with Crippen molar-refractivity contribution in [2.45, 2.75) is 0 Å². The second-order valence-corrected chi connectivity index (χ2v) is 9.19. The van der Waals surface area contributed by atoms with Crippen LogP contribution < -0.4 is 18.9 Å². The van der Waals surface area contributed by atoms with Crippen LogP contribution in [0.4, 0.5) is 0 Å². The van der Waals surface area contributed by atoms with E-state index in [1.807, 2.05) is 121 Å². The van der Waals surface area contributed by atoms with Crippen molar-refractivity contribution >= 4 is 31.9 Å². The van der Waals surface area contributed by atoms with Gasteiger partial charge in [-0.25, -0.2) is 0 Å². The Hall–Kier alpha value is -3.74. The zero-order valence-corrected chi connectivity index (χ0v) is 22.1. The first-order valence-electron chi connectivity index (χ1n) is 11.2. The van der Waals surface area contributed by atoms with Gasteiger partial charge in [-0.15, -0.1) is 0 Å². The van der Waals surface area contributed by atoms with Gasteiger partial charge in [-0.3, -0.25) is 0 Å². The molecule has 0 saturated carbocycles. The van der Waals surface area contributed by atoms with Crippen molar-refractivity contribution in [3.8, 4) is 46.0 Å². The Morgan fingerprint density at radius 1 is 0.306 bits per heavy atom. The molecule has 0 fully saturated rings. The fraction of sp³-hybridized carbons (Fsp3) is 0. The topological polar surface area (TPSA) is 36.9 Å². The monoisotopic (exact) mass is 602 g/mol. The van der Waals surface area contributed by atoms with Crippen LogP contribution in [0.2, 0.25) is 0 Å². The molecule has 0 unspecified atom stereocenters. The molecule has 4 nitrogen and oxygen atoms in total. The first-order valence-corrected chi connectivity index (χ1v) is 12.7. The summed E-state index contributed by atoms with van der Waals surface area (Å²) in [5, 5.41) is 0. The van der Waals surface area contributed by atoms with Gasteiger partial charge in [-0.05, 0) is 80.4 Å². The highest BCUT2D eigenvalue weighted by molar-refractivity contribution is 9.11. The van der Waals surface area contributed by atoms with Crippen LogP contribution in [-0.2, 0) is 0 Å². The number of hydrogen-bond donors (Lipinski definition) is 0. The second-order valence-electron chi connectivity index (χ2n) is 7.60. The number of rotatable bonds is 8. The lowest BCUT2D eigenvalue weighted by molar-refractivity contribution is 0.383. The average Bonchev–Trinajstić information content (AvgIpc) is 2.93. The molecule has 6 heteroatoms. The number of ether oxygens (including phenoxy) is 4. The second kappa shape index (κ2) is 11.3. The first kappa shape index (κ1) is 24.0. The molecule has 0 spiro atoms. The lowest BCUT2D eigenvalue weighted by Crippen LogP contribution is -1.99. The molecule has 36 heavy (non-hydrogen) atoms. The molecule has 0 bridgehead atoms. The molecule has 178 valence electrons. The Kier molecular flexibility index (Phi) is 7.55. The van der Waals surface area contributed by atoms with Gasteiger partial charge in [0.15, 0.2) is 23.0 Å². The lowest BCUT2D eigenvalue weighted by atomic mass is 10.2. The van der Waals surface area contributed by atoms with Crippen molar-refractivity contribution in [2.24, 2.45) is 0 Å². The van der Waals surface area contributed by atoms with Gasteiger partial charge in [-0.2, -0.15) is 0 Å². The molecular formula is C30H20Br2O4. The minimum absolute atomic E-state index is 0.434. The highest BCUT2D eigenvalue weighted by Crippen LogP contribution is 2.57. The zero-order chi connectivity index (χ0) is 24.7. The predicted molar refractivity (Wildman–Crippen MR) is 148 cm³/mol. The molecule has 5 aromatic carbocycles. The molecule has 0 atom stereocenters. The van der Waals surface area contributed by atoms with Crippen molar-refractivity contribution < 1.29 is 18.9 Å². The Labute approximate surface area is 226 Å². The van der Waals surface area contributed by atoms with Crippen LogP contribution in [0.1, 0.15) is 0 Å². The van der Waals surface area contributed by atoms with Crippen LogP contribution >= 0.6 is 31.9 Å². The van der Waals surface area contributed by atoms with Gasteiger partial charge in [-0.1, -0.05) is 72.8 Å². The molecule has 0 saturated heterocycles. The van der Waals surface area contributed by atoms with Crippen LogP contribution in [0.15, 0.2) is 130 Å². The fourth-order valence-corrected chi connectivity index (χ4v) is 4.44. The minimum Gasteiger partial charge on any atom is -0.452 e. The zero-order valence-electron chi connectivity index (χ0n) is 18.9. The third-order valence-electron chi connectivity index (χ3n) is 5.06. The Morgan fingerprint density at radius 3 is 0.694 bits per heavy atom. The van der Waals surface area contributed by atoms with E-state index in [9.17, 15) is 0 Å². The number of para-hydroxylation sites is 4. The van der Waals surface area contributed by atoms with Crippen LogP contribution in [0.5, 0.6) is 46.0 Å². The maximum absolute atomic E-state index is 6.34. The van der Waals surface area contributed by atoms with E-state index in [0.29, 0.717) is 54.9 Å². The van der Waals surface area contributed by atoms with Gasteiger partial charge in [0.1, 0.15) is 31.9 Å². The van der Waals surface area contributed by atoms with E-state index >= 15 is 0 Å². The van der Waals surface area contributed by atoms with Crippen LogP contribution in [0.25, 0.3) is 0 Å². The van der Waals surface area contributed by atoms with Crippen molar-refractivity contribution in [1.82, 2.24) is 0 Å². The number of benzene rings is 5. The predicted octanol–water partition coefficient (Wildman–Crippen LogP) is 10.4. The van der Waals surface area contributed by atoms with E-state index in [2.05, 4.69) is 31.9 Å². The third-order valence-corrected chi connectivity index (χ3v) is 6.50. The minimum atomic E-state index is 0.434. The fourth-order valence-electron chi connectivity index (χ4n) is 3.40. The van der Waals surface area contributed by atoms with Gasteiger partial charge in [0.25, 0.3) is 0 Å². The molecule has 5 aromatic rings. The summed E-state index contributed by atoms with van der Waals surface area (Å²) in [7, 11) is 0. The molecule has 0 aromatic heterocycles. The Morgan fingerprint density at radius 2 is 0.500 bits per heavy atom. The molecule has 0 aliphatic carbocycles. The summed E-state index contributed by atoms with van der Waals surface area (Å²) in [6, 6.07) is 38.0. The smallest absolute Gasteiger partial charge is 0.189 e. The van der Waals surface area contributed by atoms with E-state index in [-0.39, 0.29) is 0 Å². The maximum atomic E-state index is 6.34. The van der Waals surface area contributed by atoms with E-state index in [1.54, 1.807) is 0 Å². The summed E-state index contributed by atoms with van der Waals surface area (Å²) in [6.07, 6.45) is 0. The molecule has 0 aliphatic rings. The summed E-state index contributed by atoms with van der Waals surface area (Å²) in [4.78, 5) is 0. The number of hydrogen-bond acceptors (Lipinski definition) is 4. The molecule has 0 amide bonds. The number of halogens is 2. The van der Waals surface area contributed by atoms with Gasteiger partial charge >= 0.3 is 0 Å². The molecule has 0 aliphatic heterocycles. The quantitative estimate of drug-likeness (QED) is 0.177. The molecule has 0 N–H and O–H groups in total. The SMILES string of the molecule is Brc1c(Oc2ccccc2)c(Oc2ccccc2)c(Br)c(Oc2ccccc2)c1Oc1ccccc1. The van der Waals surface area contributed by atoms with E-state index in [0.717, 1.165) is 0 Å². The summed E-state index contributed by atoms with van der Waals surface area (Å²) < 4.78 is 26.4. The third kappa shape index (κ3) is 5.56. The molecular weight excluding hydrogens is 584 g/mol. The van der Waals surface area contributed by atoms with Crippen molar-refractivity contribution in [2.75, 3.05) is 0 Å². The Balaban J connectivity index is 1.70. The van der Waals surface area contributed by atoms with Crippen molar-refractivity contribution in [3.63, 3.8) is 0 Å². The molecule has 5 rings (SSSR count). The maximum Gasteiger partial charge on any atom is 0.189 e. The van der Waals surface area contributed by atoms with Crippen LogP contribution in [-0.4, -0.2) is 0 Å². The van der Waals surface area contributed by atoms with Crippen LogP contribution in [0.3, 0.4) is 0 Å². The normalized spacial score (nSPS) is 10.5. The first-order chi connectivity index (χ1) is 17.7. The molecule has 0 radical (unpaired) electrons. The highest BCUT2D eigenvalue weighted by atomic mass is 79.9. The van der Waals surface area contributed by atoms with E-state index in [4.69, 9.17) is 18.9 Å². The Bertz CT molecular complexity index is 1210. The largest absolute Gasteiger partial charge is 0.452 e. The van der Waals surface area contributed by atoms with Crippen LogP contribution in [0, 0.1) is 0 Å². The standard InChI is InChI=1S/C30H20Br2O4/c31-25-27(33-21-13-5-1-6-14-21)28(34-22-15-7-2-8-16-22)26(32)30(36-24-19-11-4-12-20-24)29(25)35-23-17-9-3-10-18-23/h1-20H.